The quantitative estimate of drug-likeness (QED) is 0.812. The molecule has 0 saturated carbocycles. The molecule has 1 heterocycles. The van der Waals surface area contributed by atoms with Gasteiger partial charge in [-0.2, -0.15) is 0 Å². The van der Waals surface area contributed by atoms with Gasteiger partial charge in [0, 0.05) is 18.2 Å². The maximum absolute atomic E-state index is 12.4. The van der Waals surface area contributed by atoms with E-state index in [1.54, 1.807) is 18.3 Å². The van der Waals surface area contributed by atoms with Crippen LogP contribution in [0.15, 0.2) is 18.3 Å². The average molecular weight is 308 g/mol. The van der Waals surface area contributed by atoms with Crippen LogP contribution in [0.4, 0.5) is 0 Å². The zero-order chi connectivity index (χ0) is 16.9. The van der Waals surface area contributed by atoms with Crippen LogP contribution >= 0.6 is 0 Å². The number of aliphatic hydroxyl groups is 1. The third-order valence-electron chi connectivity index (χ3n) is 3.49. The first-order chi connectivity index (χ1) is 10.1. The summed E-state index contributed by atoms with van der Waals surface area (Å²) in [5.74, 6) is 0.305. The maximum Gasteiger partial charge on any atom is 0.273 e. The summed E-state index contributed by atoms with van der Waals surface area (Å²) in [4.78, 5) is 16.5. The molecule has 0 saturated heterocycles. The van der Waals surface area contributed by atoms with Gasteiger partial charge in [-0.25, -0.2) is 4.98 Å². The van der Waals surface area contributed by atoms with Crippen LogP contribution in [0, 0.1) is 11.3 Å². The smallest absolute Gasteiger partial charge is 0.273 e. The number of rotatable bonds is 7. The molecule has 1 rings (SSSR count). The Kier molecular flexibility index (Phi) is 6.35. The second-order valence-corrected chi connectivity index (χ2v) is 6.88. The average Bonchev–Trinajstić information content (AvgIpc) is 2.43. The number of aliphatic hydroxyl groups excluding tert-OH is 1. The first-order valence-electron chi connectivity index (χ1n) is 7.73. The normalized spacial score (nSPS) is 13.3. The molecule has 5 heteroatoms. The number of hydrogen-bond donors (Lipinski definition) is 2. The first kappa shape index (κ1) is 18.4. The third kappa shape index (κ3) is 4.98. The van der Waals surface area contributed by atoms with Gasteiger partial charge in [-0.15, -0.1) is 0 Å². The molecular formula is C17H28N2O3. The topological polar surface area (TPSA) is 71.5 Å². The molecule has 0 aliphatic heterocycles. The molecule has 0 fully saturated rings. The fourth-order valence-corrected chi connectivity index (χ4v) is 2.31. The van der Waals surface area contributed by atoms with Crippen molar-refractivity contribution in [3.63, 3.8) is 0 Å². The van der Waals surface area contributed by atoms with E-state index in [0.717, 1.165) is 0 Å². The first-order valence-corrected chi connectivity index (χ1v) is 7.73. The van der Waals surface area contributed by atoms with Crippen LogP contribution in [0.2, 0.25) is 0 Å². The lowest BCUT2D eigenvalue weighted by molar-refractivity contribution is 0.0137. The van der Waals surface area contributed by atoms with E-state index >= 15 is 0 Å². The highest BCUT2D eigenvalue weighted by atomic mass is 16.5. The van der Waals surface area contributed by atoms with E-state index in [2.05, 4.69) is 10.3 Å². The molecule has 2 N–H and O–H groups in total. The Bertz CT molecular complexity index is 498. The zero-order valence-corrected chi connectivity index (χ0v) is 14.4. The van der Waals surface area contributed by atoms with E-state index < -0.39 is 11.5 Å². The fourth-order valence-electron chi connectivity index (χ4n) is 2.31. The van der Waals surface area contributed by atoms with Gasteiger partial charge in [-0.05, 0) is 31.9 Å². The second-order valence-electron chi connectivity index (χ2n) is 6.88. The number of hydrogen-bond acceptors (Lipinski definition) is 4. The van der Waals surface area contributed by atoms with Crippen molar-refractivity contribution in [3.8, 4) is 5.75 Å². The van der Waals surface area contributed by atoms with Gasteiger partial charge in [0.25, 0.3) is 5.91 Å². The summed E-state index contributed by atoms with van der Waals surface area (Å²) in [6, 6.07) is 3.47. The predicted octanol–water partition coefficient (Wildman–Crippen LogP) is 2.64. The van der Waals surface area contributed by atoms with Gasteiger partial charge in [0.05, 0.1) is 12.2 Å². The van der Waals surface area contributed by atoms with Gasteiger partial charge in [0.2, 0.25) is 0 Å². The van der Waals surface area contributed by atoms with Crippen molar-refractivity contribution in [2.24, 2.45) is 11.3 Å². The van der Waals surface area contributed by atoms with Crippen molar-refractivity contribution in [3.05, 3.63) is 24.0 Å². The predicted molar refractivity (Wildman–Crippen MR) is 87.0 cm³/mol. The van der Waals surface area contributed by atoms with Crippen molar-refractivity contribution >= 4 is 5.91 Å². The molecule has 1 aromatic rings. The summed E-state index contributed by atoms with van der Waals surface area (Å²) in [7, 11) is 0. The third-order valence-corrected chi connectivity index (χ3v) is 3.49. The summed E-state index contributed by atoms with van der Waals surface area (Å²) in [5, 5.41) is 13.1. The van der Waals surface area contributed by atoms with E-state index in [1.807, 2.05) is 41.5 Å². The van der Waals surface area contributed by atoms with Crippen molar-refractivity contribution in [2.45, 2.75) is 53.8 Å². The minimum atomic E-state index is -0.497. The van der Waals surface area contributed by atoms with Crippen molar-refractivity contribution in [2.75, 3.05) is 6.54 Å². The molecule has 0 radical (unpaired) electrons. The Labute approximate surface area is 133 Å². The lowest BCUT2D eigenvalue weighted by Crippen LogP contribution is -2.43. The Morgan fingerprint density at radius 1 is 1.36 bits per heavy atom. The van der Waals surface area contributed by atoms with Crippen LogP contribution in [0.1, 0.15) is 52.0 Å². The van der Waals surface area contributed by atoms with Crippen LogP contribution in [-0.4, -0.2) is 34.8 Å². The molecular weight excluding hydrogens is 280 g/mol. The molecule has 0 aromatic carbocycles. The van der Waals surface area contributed by atoms with Crippen LogP contribution in [-0.2, 0) is 0 Å². The van der Waals surface area contributed by atoms with Crippen molar-refractivity contribution in [1.82, 2.24) is 10.3 Å². The van der Waals surface area contributed by atoms with Gasteiger partial charge < -0.3 is 15.2 Å². The summed E-state index contributed by atoms with van der Waals surface area (Å²) >= 11 is 0. The summed E-state index contributed by atoms with van der Waals surface area (Å²) in [6.45, 7) is 11.9. The summed E-state index contributed by atoms with van der Waals surface area (Å²) < 4.78 is 5.61. The summed E-state index contributed by atoms with van der Waals surface area (Å²) in [6.07, 6.45) is 1.04. The molecule has 124 valence electrons. The van der Waals surface area contributed by atoms with Gasteiger partial charge in [0.15, 0.2) is 11.4 Å². The van der Waals surface area contributed by atoms with E-state index in [1.165, 1.54) is 0 Å². The molecule has 0 aliphatic rings. The number of ether oxygens (including phenoxy) is 1. The van der Waals surface area contributed by atoms with Gasteiger partial charge >= 0.3 is 0 Å². The van der Waals surface area contributed by atoms with Crippen molar-refractivity contribution < 1.29 is 14.6 Å². The molecule has 1 unspecified atom stereocenters. The number of pyridine rings is 1. The highest BCUT2D eigenvalue weighted by Gasteiger charge is 2.31. The zero-order valence-electron chi connectivity index (χ0n) is 14.4. The fraction of sp³-hybridized carbons (Fsp3) is 0.647. The van der Waals surface area contributed by atoms with E-state index in [9.17, 15) is 9.90 Å². The Balaban J connectivity index is 2.78. The van der Waals surface area contributed by atoms with E-state index in [4.69, 9.17) is 4.74 Å². The standard InChI is InChI=1S/C17H28N2O3/c1-11(2)15(20)17(5,6)10-19-16(21)14-13(22-12(3)4)8-7-9-18-14/h7-9,11-12,15,20H,10H2,1-6H3,(H,19,21). The van der Waals surface area contributed by atoms with Gasteiger partial charge in [0.1, 0.15) is 0 Å². The highest BCUT2D eigenvalue weighted by Crippen LogP contribution is 2.25. The SMILES string of the molecule is CC(C)Oc1cccnc1C(=O)NCC(C)(C)C(O)C(C)C. The number of carbonyl (C=O) groups excluding carboxylic acids is 1. The number of nitrogens with zero attached hydrogens (tertiary/aromatic N) is 1. The minimum absolute atomic E-state index is 0.0324. The number of carbonyl (C=O) groups is 1. The molecule has 1 atom stereocenters. The van der Waals surface area contributed by atoms with Crippen LogP contribution in [0.3, 0.4) is 0 Å². The molecule has 5 nitrogen and oxygen atoms in total. The molecule has 1 aromatic heterocycles. The largest absolute Gasteiger partial charge is 0.489 e. The number of amides is 1. The van der Waals surface area contributed by atoms with Crippen LogP contribution in [0.5, 0.6) is 5.75 Å². The Morgan fingerprint density at radius 2 is 2.00 bits per heavy atom. The molecule has 0 bridgehead atoms. The monoisotopic (exact) mass is 308 g/mol. The molecule has 0 aliphatic carbocycles. The second kappa shape index (κ2) is 7.58. The summed E-state index contributed by atoms with van der Waals surface area (Å²) in [5.41, 5.74) is -0.149. The van der Waals surface area contributed by atoms with Gasteiger partial charge in [-0.3, -0.25) is 4.79 Å². The molecule has 0 spiro atoms. The van der Waals surface area contributed by atoms with Gasteiger partial charge in [-0.1, -0.05) is 27.7 Å². The van der Waals surface area contributed by atoms with E-state index in [-0.39, 0.29) is 23.6 Å². The maximum atomic E-state index is 12.4. The lowest BCUT2D eigenvalue weighted by atomic mass is 9.80. The van der Waals surface area contributed by atoms with Crippen LogP contribution < -0.4 is 10.1 Å². The highest BCUT2D eigenvalue weighted by molar-refractivity contribution is 5.94. The van der Waals surface area contributed by atoms with Crippen LogP contribution in [0.25, 0.3) is 0 Å². The lowest BCUT2D eigenvalue weighted by Gasteiger charge is -2.33. The molecule has 22 heavy (non-hydrogen) atoms. The number of aromatic nitrogens is 1. The Hall–Kier alpha value is -1.62. The Morgan fingerprint density at radius 3 is 2.55 bits per heavy atom. The minimum Gasteiger partial charge on any atom is -0.489 e. The van der Waals surface area contributed by atoms with Crippen molar-refractivity contribution in [1.29, 1.82) is 0 Å². The van der Waals surface area contributed by atoms with E-state index in [0.29, 0.717) is 12.3 Å². The number of nitrogens with one attached hydrogen (secondary N) is 1. The molecule has 1 amide bonds.